The van der Waals surface area contributed by atoms with Gasteiger partial charge in [0.1, 0.15) is 12.4 Å². The van der Waals surface area contributed by atoms with Gasteiger partial charge in [-0.2, -0.15) is 0 Å². The first kappa shape index (κ1) is 16.8. The summed E-state index contributed by atoms with van der Waals surface area (Å²) in [4.78, 5) is 16.6. The summed E-state index contributed by atoms with van der Waals surface area (Å²) in [7, 11) is 0. The van der Waals surface area contributed by atoms with Crippen LogP contribution in [0.25, 0.3) is 0 Å². The molecule has 0 radical (unpaired) electrons. The standard InChI is InChI=1S/C18H28N2O2/c1-5-19(6-2)12-15-7-8-17-16(11-15)13-20(9-10-22-17)18(21)14(3)4/h7-8,11,14H,5-6,9-10,12-13H2,1-4H3. The molecule has 1 aromatic carbocycles. The lowest BCUT2D eigenvalue weighted by Crippen LogP contribution is -2.35. The Labute approximate surface area is 134 Å². The fourth-order valence-electron chi connectivity index (χ4n) is 2.80. The van der Waals surface area contributed by atoms with Crippen LogP contribution >= 0.6 is 0 Å². The summed E-state index contributed by atoms with van der Waals surface area (Å²) in [5, 5.41) is 0. The van der Waals surface area contributed by atoms with Crippen LogP contribution in [0.4, 0.5) is 0 Å². The molecule has 1 aliphatic rings. The molecule has 1 heterocycles. The number of hydrogen-bond donors (Lipinski definition) is 0. The number of amides is 1. The summed E-state index contributed by atoms with van der Waals surface area (Å²) >= 11 is 0. The Balaban J connectivity index is 2.18. The van der Waals surface area contributed by atoms with Gasteiger partial charge in [-0.1, -0.05) is 33.8 Å². The van der Waals surface area contributed by atoms with Crippen molar-refractivity contribution in [1.29, 1.82) is 0 Å². The predicted molar refractivity (Wildman–Crippen MR) is 88.8 cm³/mol. The highest BCUT2D eigenvalue weighted by molar-refractivity contribution is 5.78. The maximum Gasteiger partial charge on any atom is 0.225 e. The molecule has 4 heteroatoms. The summed E-state index contributed by atoms with van der Waals surface area (Å²) in [6.45, 7) is 13.2. The van der Waals surface area contributed by atoms with Crippen LogP contribution in [-0.4, -0.2) is 41.9 Å². The van der Waals surface area contributed by atoms with Crippen LogP contribution in [0, 0.1) is 5.92 Å². The minimum absolute atomic E-state index is 0.0282. The van der Waals surface area contributed by atoms with E-state index in [0.29, 0.717) is 19.7 Å². The first-order valence-electron chi connectivity index (χ1n) is 8.30. The number of carbonyl (C=O) groups is 1. The molecule has 0 saturated heterocycles. The zero-order valence-electron chi connectivity index (χ0n) is 14.3. The van der Waals surface area contributed by atoms with E-state index in [4.69, 9.17) is 4.74 Å². The second-order valence-electron chi connectivity index (χ2n) is 6.17. The quantitative estimate of drug-likeness (QED) is 0.838. The summed E-state index contributed by atoms with van der Waals surface area (Å²) in [5.41, 5.74) is 2.40. The Morgan fingerprint density at radius 2 is 2.05 bits per heavy atom. The third-order valence-corrected chi connectivity index (χ3v) is 4.21. The van der Waals surface area contributed by atoms with Crippen LogP contribution in [0.3, 0.4) is 0 Å². The van der Waals surface area contributed by atoms with E-state index in [0.717, 1.165) is 30.9 Å². The van der Waals surface area contributed by atoms with Crippen molar-refractivity contribution in [3.8, 4) is 5.75 Å². The van der Waals surface area contributed by atoms with Crippen LogP contribution in [0.1, 0.15) is 38.8 Å². The Morgan fingerprint density at radius 3 is 2.68 bits per heavy atom. The second kappa shape index (κ2) is 7.63. The van der Waals surface area contributed by atoms with Gasteiger partial charge in [-0.05, 0) is 30.8 Å². The van der Waals surface area contributed by atoms with Gasteiger partial charge in [-0.3, -0.25) is 9.69 Å². The van der Waals surface area contributed by atoms with E-state index >= 15 is 0 Å². The Kier molecular flexibility index (Phi) is 5.83. The number of fused-ring (bicyclic) bond motifs is 1. The lowest BCUT2D eigenvalue weighted by molar-refractivity contribution is -0.135. The van der Waals surface area contributed by atoms with Crippen molar-refractivity contribution in [3.63, 3.8) is 0 Å². The van der Waals surface area contributed by atoms with Crippen molar-refractivity contribution in [2.75, 3.05) is 26.2 Å². The number of ether oxygens (including phenoxy) is 1. The van der Waals surface area contributed by atoms with Crippen LogP contribution in [0.2, 0.25) is 0 Å². The minimum atomic E-state index is 0.0282. The van der Waals surface area contributed by atoms with Gasteiger partial charge in [0.25, 0.3) is 0 Å². The van der Waals surface area contributed by atoms with Gasteiger partial charge in [-0.25, -0.2) is 0 Å². The predicted octanol–water partition coefficient (Wildman–Crippen LogP) is 2.91. The summed E-state index contributed by atoms with van der Waals surface area (Å²) in [5.74, 6) is 1.15. The highest BCUT2D eigenvalue weighted by atomic mass is 16.5. The first-order valence-corrected chi connectivity index (χ1v) is 8.30. The third kappa shape index (κ3) is 4.01. The molecule has 0 fully saturated rings. The van der Waals surface area contributed by atoms with E-state index in [-0.39, 0.29) is 11.8 Å². The minimum Gasteiger partial charge on any atom is -0.491 e. The van der Waals surface area contributed by atoms with Crippen molar-refractivity contribution in [2.24, 2.45) is 5.92 Å². The molecule has 122 valence electrons. The van der Waals surface area contributed by atoms with E-state index in [9.17, 15) is 4.79 Å². The zero-order valence-corrected chi connectivity index (χ0v) is 14.3. The van der Waals surface area contributed by atoms with Crippen molar-refractivity contribution >= 4 is 5.91 Å². The molecular weight excluding hydrogens is 276 g/mol. The fourth-order valence-corrected chi connectivity index (χ4v) is 2.80. The number of carbonyl (C=O) groups excluding carboxylic acids is 1. The lowest BCUT2D eigenvalue weighted by Gasteiger charge is -2.22. The Morgan fingerprint density at radius 1 is 1.32 bits per heavy atom. The number of hydrogen-bond acceptors (Lipinski definition) is 3. The summed E-state index contributed by atoms with van der Waals surface area (Å²) in [6, 6.07) is 6.38. The van der Waals surface area contributed by atoms with Crippen LogP contribution in [0.5, 0.6) is 5.75 Å². The van der Waals surface area contributed by atoms with E-state index in [1.807, 2.05) is 18.7 Å². The van der Waals surface area contributed by atoms with Gasteiger partial charge >= 0.3 is 0 Å². The molecule has 1 aromatic rings. The number of nitrogens with zero attached hydrogens (tertiary/aromatic N) is 2. The number of rotatable bonds is 5. The second-order valence-corrected chi connectivity index (χ2v) is 6.17. The lowest BCUT2D eigenvalue weighted by atomic mass is 10.1. The van der Waals surface area contributed by atoms with Gasteiger partial charge in [0.2, 0.25) is 5.91 Å². The average Bonchev–Trinajstić information content (AvgIpc) is 2.73. The van der Waals surface area contributed by atoms with Gasteiger partial charge in [-0.15, -0.1) is 0 Å². The van der Waals surface area contributed by atoms with E-state index in [1.165, 1.54) is 5.56 Å². The van der Waals surface area contributed by atoms with Crippen molar-refractivity contribution in [1.82, 2.24) is 9.80 Å². The molecule has 0 atom stereocenters. The van der Waals surface area contributed by atoms with Crippen LogP contribution < -0.4 is 4.74 Å². The van der Waals surface area contributed by atoms with Gasteiger partial charge in [0, 0.05) is 24.6 Å². The first-order chi connectivity index (χ1) is 10.5. The molecule has 0 bridgehead atoms. The average molecular weight is 304 g/mol. The highest BCUT2D eigenvalue weighted by Gasteiger charge is 2.22. The van der Waals surface area contributed by atoms with Gasteiger partial charge in [0.05, 0.1) is 6.54 Å². The third-order valence-electron chi connectivity index (χ3n) is 4.21. The molecular formula is C18H28N2O2. The van der Waals surface area contributed by atoms with E-state index < -0.39 is 0 Å². The molecule has 2 rings (SSSR count). The fraction of sp³-hybridized carbons (Fsp3) is 0.611. The SMILES string of the molecule is CCN(CC)Cc1ccc2c(c1)CN(C(=O)C(C)C)CCO2. The van der Waals surface area contributed by atoms with Crippen molar-refractivity contribution in [3.05, 3.63) is 29.3 Å². The molecule has 1 amide bonds. The summed E-state index contributed by atoms with van der Waals surface area (Å²) < 4.78 is 5.81. The zero-order chi connectivity index (χ0) is 16.1. The molecule has 0 spiro atoms. The Hall–Kier alpha value is -1.55. The largest absolute Gasteiger partial charge is 0.491 e. The molecule has 1 aliphatic heterocycles. The molecule has 22 heavy (non-hydrogen) atoms. The van der Waals surface area contributed by atoms with Crippen LogP contribution in [-0.2, 0) is 17.9 Å². The maximum atomic E-state index is 12.3. The molecule has 0 aromatic heterocycles. The number of benzene rings is 1. The van der Waals surface area contributed by atoms with Gasteiger partial charge < -0.3 is 9.64 Å². The topological polar surface area (TPSA) is 32.8 Å². The highest BCUT2D eigenvalue weighted by Crippen LogP contribution is 2.25. The smallest absolute Gasteiger partial charge is 0.225 e. The van der Waals surface area contributed by atoms with E-state index in [1.54, 1.807) is 0 Å². The normalized spacial score (nSPS) is 14.7. The molecule has 4 nitrogen and oxygen atoms in total. The summed E-state index contributed by atoms with van der Waals surface area (Å²) in [6.07, 6.45) is 0. The Bertz CT molecular complexity index is 510. The molecule has 0 aliphatic carbocycles. The van der Waals surface area contributed by atoms with Crippen molar-refractivity contribution in [2.45, 2.75) is 40.8 Å². The molecule has 0 saturated carbocycles. The van der Waals surface area contributed by atoms with Crippen LogP contribution in [0.15, 0.2) is 18.2 Å². The maximum absolute atomic E-state index is 12.3. The molecule has 0 N–H and O–H groups in total. The molecule has 0 unspecified atom stereocenters. The van der Waals surface area contributed by atoms with Gasteiger partial charge in [0.15, 0.2) is 0 Å². The monoisotopic (exact) mass is 304 g/mol. The van der Waals surface area contributed by atoms with E-state index in [2.05, 4.69) is 36.9 Å². The van der Waals surface area contributed by atoms with Crippen molar-refractivity contribution < 1.29 is 9.53 Å².